The Hall–Kier alpha value is -0.280. The molecule has 0 aliphatic rings. The van der Waals surface area contributed by atoms with Crippen LogP contribution >= 0.6 is 23.1 Å². The summed E-state index contributed by atoms with van der Waals surface area (Å²) < 4.78 is 1.38. The second kappa shape index (κ2) is 6.22. The molecule has 0 N–H and O–H groups in total. The monoisotopic (exact) mass is 214 g/mol. The standard InChI is InChI=1S/C10H14OS2/c1-9(11)5-2-3-7-12-10-6-4-8-13-10/h4,6,8H,2-3,5,7H2,1H3. The van der Waals surface area contributed by atoms with E-state index in [0.717, 1.165) is 25.0 Å². The summed E-state index contributed by atoms with van der Waals surface area (Å²) in [6.07, 6.45) is 2.92. The van der Waals surface area contributed by atoms with E-state index in [1.54, 1.807) is 18.3 Å². The van der Waals surface area contributed by atoms with Crippen molar-refractivity contribution in [3.63, 3.8) is 0 Å². The number of unbranched alkanes of at least 4 members (excludes halogenated alkanes) is 1. The summed E-state index contributed by atoms with van der Waals surface area (Å²) in [6, 6.07) is 4.21. The van der Waals surface area contributed by atoms with Crippen LogP contribution in [0.15, 0.2) is 21.7 Å². The van der Waals surface area contributed by atoms with Gasteiger partial charge in [0, 0.05) is 6.42 Å². The molecule has 0 aliphatic carbocycles. The molecule has 1 aromatic heterocycles. The number of carbonyl (C=O) groups is 1. The molecule has 13 heavy (non-hydrogen) atoms. The minimum absolute atomic E-state index is 0.307. The Morgan fingerprint density at radius 1 is 1.54 bits per heavy atom. The third-order valence-electron chi connectivity index (χ3n) is 1.66. The van der Waals surface area contributed by atoms with Gasteiger partial charge in [0.05, 0.1) is 4.21 Å². The zero-order valence-corrected chi connectivity index (χ0v) is 9.42. The molecule has 0 amide bonds. The lowest BCUT2D eigenvalue weighted by atomic mass is 10.2. The van der Waals surface area contributed by atoms with Crippen molar-refractivity contribution in [1.29, 1.82) is 0 Å². The summed E-state index contributed by atoms with van der Waals surface area (Å²) in [5.41, 5.74) is 0. The summed E-state index contributed by atoms with van der Waals surface area (Å²) in [6.45, 7) is 1.66. The molecule has 3 heteroatoms. The molecular weight excluding hydrogens is 200 g/mol. The van der Waals surface area contributed by atoms with E-state index in [2.05, 4.69) is 17.5 Å². The van der Waals surface area contributed by atoms with Gasteiger partial charge in [-0.15, -0.1) is 23.1 Å². The Kier molecular flexibility index (Phi) is 5.16. The van der Waals surface area contributed by atoms with E-state index in [9.17, 15) is 4.79 Å². The SMILES string of the molecule is CC(=O)CCCCSc1cccs1. The Bertz CT molecular complexity index is 241. The topological polar surface area (TPSA) is 17.1 Å². The zero-order chi connectivity index (χ0) is 9.52. The molecule has 72 valence electrons. The second-order valence-electron chi connectivity index (χ2n) is 2.94. The first-order valence-electron chi connectivity index (χ1n) is 4.45. The lowest BCUT2D eigenvalue weighted by molar-refractivity contribution is -0.117. The molecule has 0 saturated carbocycles. The molecule has 0 aliphatic heterocycles. The van der Waals surface area contributed by atoms with Crippen LogP contribution in [-0.2, 0) is 4.79 Å². The van der Waals surface area contributed by atoms with Crippen LogP contribution in [-0.4, -0.2) is 11.5 Å². The van der Waals surface area contributed by atoms with Crippen LogP contribution in [0.4, 0.5) is 0 Å². The molecule has 0 spiro atoms. The number of thioether (sulfide) groups is 1. The van der Waals surface area contributed by atoms with E-state index in [1.807, 2.05) is 11.8 Å². The van der Waals surface area contributed by atoms with Crippen molar-refractivity contribution in [2.75, 3.05) is 5.75 Å². The predicted molar refractivity (Wildman–Crippen MR) is 59.6 cm³/mol. The van der Waals surface area contributed by atoms with Crippen molar-refractivity contribution in [2.45, 2.75) is 30.4 Å². The van der Waals surface area contributed by atoms with Gasteiger partial charge in [-0.25, -0.2) is 0 Å². The molecule has 0 aromatic carbocycles. The summed E-state index contributed by atoms with van der Waals surface area (Å²) >= 11 is 3.67. The smallest absolute Gasteiger partial charge is 0.129 e. The van der Waals surface area contributed by atoms with E-state index in [0.29, 0.717) is 5.78 Å². The predicted octanol–water partition coefficient (Wildman–Crippen LogP) is 3.60. The van der Waals surface area contributed by atoms with Crippen molar-refractivity contribution in [2.24, 2.45) is 0 Å². The highest BCUT2D eigenvalue weighted by atomic mass is 32.2. The first-order valence-corrected chi connectivity index (χ1v) is 6.31. The lowest BCUT2D eigenvalue weighted by Gasteiger charge is -1.97. The number of hydrogen-bond acceptors (Lipinski definition) is 3. The molecule has 1 nitrogen and oxygen atoms in total. The van der Waals surface area contributed by atoms with Gasteiger partial charge in [0.15, 0.2) is 0 Å². The van der Waals surface area contributed by atoms with Gasteiger partial charge in [-0.1, -0.05) is 6.07 Å². The Labute approximate surface area is 87.5 Å². The van der Waals surface area contributed by atoms with Crippen molar-refractivity contribution >= 4 is 28.9 Å². The molecule has 0 bridgehead atoms. The van der Waals surface area contributed by atoms with Crippen molar-refractivity contribution in [1.82, 2.24) is 0 Å². The van der Waals surface area contributed by atoms with Crippen molar-refractivity contribution in [3.05, 3.63) is 17.5 Å². The largest absolute Gasteiger partial charge is 0.300 e. The van der Waals surface area contributed by atoms with E-state index in [4.69, 9.17) is 0 Å². The third-order valence-corrected chi connectivity index (χ3v) is 3.88. The number of hydrogen-bond donors (Lipinski definition) is 0. The van der Waals surface area contributed by atoms with Crippen LogP contribution in [0.1, 0.15) is 26.2 Å². The lowest BCUT2D eigenvalue weighted by Crippen LogP contribution is -1.89. The fourth-order valence-electron chi connectivity index (χ4n) is 0.994. The van der Waals surface area contributed by atoms with Gasteiger partial charge >= 0.3 is 0 Å². The number of ketones is 1. The molecular formula is C10H14OS2. The fraction of sp³-hybridized carbons (Fsp3) is 0.500. The van der Waals surface area contributed by atoms with Gasteiger partial charge in [-0.05, 0) is 37.0 Å². The summed E-state index contributed by atoms with van der Waals surface area (Å²) in [5, 5.41) is 2.10. The fourth-order valence-corrected chi connectivity index (χ4v) is 2.86. The van der Waals surface area contributed by atoms with Gasteiger partial charge in [-0.3, -0.25) is 0 Å². The van der Waals surface area contributed by atoms with Gasteiger partial charge < -0.3 is 4.79 Å². The van der Waals surface area contributed by atoms with Crippen molar-refractivity contribution in [3.8, 4) is 0 Å². The van der Waals surface area contributed by atoms with Gasteiger partial charge in [0.2, 0.25) is 0 Å². The number of thiophene rings is 1. The molecule has 1 aromatic rings. The van der Waals surface area contributed by atoms with Crippen molar-refractivity contribution < 1.29 is 4.79 Å². The first-order chi connectivity index (χ1) is 6.29. The number of carbonyl (C=O) groups excluding carboxylic acids is 1. The Balaban J connectivity index is 1.99. The Morgan fingerprint density at radius 2 is 2.38 bits per heavy atom. The van der Waals surface area contributed by atoms with Gasteiger partial charge in [0.25, 0.3) is 0 Å². The average molecular weight is 214 g/mol. The van der Waals surface area contributed by atoms with Gasteiger partial charge in [0.1, 0.15) is 5.78 Å². The average Bonchev–Trinajstić information content (AvgIpc) is 2.55. The van der Waals surface area contributed by atoms with Crippen LogP contribution in [0.25, 0.3) is 0 Å². The first kappa shape index (κ1) is 10.8. The molecule has 0 unspecified atom stereocenters. The van der Waals surface area contributed by atoms with E-state index in [1.165, 1.54) is 4.21 Å². The van der Waals surface area contributed by atoms with E-state index in [-0.39, 0.29) is 0 Å². The minimum atomic E-state index is 0.307. The highest BCUT2D eigenvalue weighted by Gasteiger charge is 1.96. The number of rotatable bonds is 6. The quantitative estimate of drug-likeness (QED) is 0.531. The van der Waals surface area contributed by atoms with Gasteiger partial charge in [-0.2, -0.15) is 0 Å². The highest BCUT2D eigenvalue weighted by molar-refractivity contribution is 8.01. The Morgan fingerprint density at radius 3 is 3.00 bits per heavy atom. The second-order valence-corrected chi connectivity index (χ2v) is 5.28. The number of Topliss-reactive ketones (excluding diaryl/α,β-unsaturated/α-hetero) is 1. The molecule has 0 fully saturated rings. The maximum Gasteiger partial charge on any atom is 0.129 e. The van der Waals surface area contributed by atoms with Crippen LogP contribution < -0.4 is 0 Å². The van der Waals surface area contributed by atoms with Crippen LogP contribution in [0.5, 0.6) is 0 Å². The van der Waals surface area contributed by atoms with E-state index >= 15 is 0 Å². The summed E-state index contributed by atoms with van der Waals surface area (Å²) in [4.78, 5) is 10.6. The minimum Gasteiger partial charge on any atom is -0.300 e. The summed E-state index contributed by atoms with van der Waals surface area (Å²) in [5.74, 6) is 1.44. The third kappa shape index (κ3) is 5.11. The highest BCUT2D eigenvalue weighted by Crippen LogP contribution is 2.24. The molecule has 1 heterocycles. The maximum absolute atomic E-state index is 10.6. The normalized spacial score (nSPS) is 10.2. The molecule has 1 rings (SSSR count). The van der Waals surface area contributed by atoms with Crippen LogP contribution in [0.2, 0.25) is 0 Å². The molecule has 0 radical (unpaired) electrons. The van der Waals surface area contributed by atoms with E-state index < -0.39 is 0 Å². The molecule has 0 atom stereocenters. The maximum atomic E-state index is 10.6. The van der Waals surface area contributed by atoms with Crippen LogP contribution in [0.3, 0.4) is 0 Å². The summed E-state index contributed by atoms with van der Waals surface area (Å²) in [7, 11) is 0. The molecule has 0 saturated heterocycles. The van der Waals surface area contributed by atoms with Crippen LogP contribution in [0, 0.1) is 0 Å². The zero-order valence-electron chi connectivity index (χ0n) is 7.79.